The van der Waals surface area contributed by atoms with Crippen LogP contribution in [0, 0.1) is 0 Å². The van der Waals surface area contributed by atoms with Gasteiger partial charge in [0.05, 0.1) is 4.90 Å². The topological polar surface area (TPSA) is 84.5 Å². The van der Waals surface area contributed by atoms with E-state index in [-0.39, 0.29) is 4.90 Å². The highest BCUT2D eigenvalue weighted by Gasteiger charge is 2.19. The van der Waals surface area contributed by atoms with Crippen LogP contribution < -0.4 is 10.5 Å². The minimum Gasteiger partial charge on any atom is -0.362 e. The van der Waals surface area contributed by atoms with Crippen LogP contribution in [0.25, 0.3) is 0 Å². The van der Waals surface area contributed by atoms with Gasteiger partial charge in [-0.1, -0.05) is 30.8 Å². The lowest BCUT2D eigenvalue weighted by atomic mass is 10.1. The van der Waals surface area contributed by atoms with Crippen LogP contribution in [0.1, 0.15) is 25.8 Å². The van der Waals surface area contributed by atoms with Crippen molar-refractivity contribution in [2.24, 2.45) is 10.1 Å². The van der Waals surface area contributed by atoms with E-state index >= 15 is 0 Å². The molecule has 0 amide bonds. The van der Waals surface area contributed by atoms with Crippen molar-refractivity contribution in [2.75, 3.05) is 6.54 Å². The van der Waals surface area contributed by atoms with E-state index in [1.807, 2.05) is 0 Å². The average molecular weight is 327 g/mol. The van der Waals surface area contributed by atoms with Crippen LogP contribution in [0.4, 0.5) is 0 Å². The van der Waals surface area contributed by atoms with E-state index in [9.17, 15) is 8.42 Å². The molecule has 0 aromatic heterocycles. The summed E-state index contributed by atoms with van der Waals surface area (Å²) < 4.78 is 22.3. The minimum absolute atomic E-state index is 0.143. The summed E-state index contributed by atoms with van der Waals surface area (Å²) in [6.07, 6.45) is 1.93. The molecule has 3 N–H and O–H groups in total. The van der Waals surface area contributed by atoms with Crippen LogP contribution in [0.15, 0.2) is 34.2 Å². The molecule has 0 aliphatic carbocycles. The lowest BCUT2D eigenvalue weighted by Crippen LogP contribution is -2.38. The van der Waals surface area contributed by atoms with Gasteiger partial charge in [0.2, 0.25) is 10.0 Å². The largest absolute Gasteiger partial charge is 0.362 e. The Morgan fingerprint density at radius 2 is 2.00 bits per heavy atom. The number of primary sulfonamides is 1. The number of rotatable bonds is 4. The quantitative estimate of drug-likeness (QED) is 0.882. The maximum atomic E-state index is 11.2. The van der Waals surface area contributed by atoms with Gasteiger partial charge in [0.1, 0.15) is 0 Å². The summed E-state index contributed by atoms with van der Waals surface area (Å²) in [5.74, 6) is 0. The number of thioether (sulfide) groups is 1. The highest BCUT2D eigenvalue weighted by Crippen LogP contribution is 2.22. The van der Waals surface area contributed by atoms with Crippen LogP contribution in [-0.4, -0.2) is 31.4 Å². The second-order valence-electron chi connectivity index (χ2n) is 5.34. The standard InChI is InChI=1S/C14H21N3O2S2/c1-10-9-11(2)20-14(17-10)16-8-7-12-3-5-13(6-4-12)21(15,18)19/h3-6,10-11H,7-9H2,1-2H3,(H,16,17)(H2,15,18,19). The van der Waals surface area contributed by atoms with Crippen molar-refractivity contribution < 1.29 is 8.42 Å². The molecule has 21 heavy (non-hydrogen) atoms. The monoisotopic (exact) mass is 327 g/mol. The first-order chi connectivity index (χ1) is 9.84. The zero-order valence-corrected chi connectivity index (χ0v) is 13.9. The fourth-order valence-corrected chi connectivity index (χ4v) is 3.97. The molecule has 7 heteroatoms. The number of aliphatic imine (C=N–C) groups is 1. The minimum atomic E-state index is -3.61. The number of hydrogen-bond acceptors (Lipinski definition) is 4. The second-order valence-corrected chi connectivity index (χ2v) is 8.32. The zero-order chi connectivity index (χ0) is 15.5. The first kappa shape index (κ1) is 16.3. The molecule has 1 fully saturated rings. The van der Waals surface area contributed by atoms with Crippen LogP contribution in [0.3, 0.4) is 0 Å². The van der Waals surface area contributed by atoms with Gasteiger partial charge < -0.3 is 5.32 Å². The molecule has 1 aliphatic rings. The van der Waals surface area contributed by atoms with Crippen LogP contribution >= 0.6 is 11.8 Å². The van der Waals surface area contributed by atoms with Crippen LogP contribution in [0.2, 0.25) is 0 Å². The van der Waals surface area contributed by atoms with E-state index in [0.29, 0.717) is 17.8 Å². The van der Waals surface area contributed by atoms with E-state index in [1.165, 1.54) is 12.1 Å². The number of nitrogens with one attached hydrogen (secondary N) is 1. The van der Waals surface area contributed by atoms with Gasteiger partial charge in [-0.2, -0.15) is 0 Å². The van der Waals surface area contributed by atoms with Gasteiger partial charge in [-0.15, -0.1) is 0 Å². The fourth-order valence-electron chi connectivity index (χ4n) is 2.26. The smallest absolute Gasteiger partial charge is 0.238 e. The summed E-state index contributed by atoms with van der Waals surface area (Å²) in [6, 6.07) is 7.11. The molecule has 1 saturated heterocycles. The number of nitrogens with zero attached hydrogens (tertiary/aromatic N) is 1. The number of hydrogen-bond donors (Lipinski definition) is 2. The third-order valence-electron chi connectivity index (χ3n) is 3.28. The third kappa shape index (κ3) is 5.01. The maximum Gasteiger partial charge on any atom is 0.238 e. The van der Waals surface area contributed by atoms with Crippen molar-refractivity contribution in [2.45, 2.75) is 42.9 Å². The van der Waals surface area contributed by atoms with Gasteiger partial charge in [0.25, 0.3) is 0 Å². The second kappa shape index (κ2) is 6.81. The Morgan fingerprint density at radius 3 is 2.57 bits per heavy atom. The van der Waals surface area contributed by atoms with E-state index < -0.39 is 10.0 Å². The summed E-state index contributed by atoms with van der Waals surface area (Å²) >= 11 is 1.77. The van der Waals surface area contributed by atoms with Gasteiger partial charge in [-0.05, 0) is 37.5 Å². The summed E-state index contributed by atoms with van der Waals surface area (Å²) in [7, 11) is -3.61. The molecule has 0 bridgehead atoms. The van der Waals surface area contributed by atoms with E-state index in [2.05, 4.69) is 24.2 Å². The molecule has 0 radical (unpaired) electrons. The highest BCUT2D eigenvalue weighted by molar-refractivity contribution is 8.14. The summed E-state index contributed by atoms with van der Waals surface area (Å²) in [5.41, 5.74) is 1.05. The Bertz CT molecular complexity index is 600. The average Bonchev–Trinajstić information content (AvgIpc) is 2.37. The zero-order valence-electron chi connectivity index (χ0n) is 12.2. The molecule has 1 aromatic carbocycles. The number of sulfonamides is 1. The van der Waals surface area contributed by atoms with Gasteiger partial charge in [-0.3, -0.25) is 4.99 Å². The lowest BCUT2D eigenvalue weighted by Gasteiger charge is -2.26. The molecule has 0 spiro atoms. The molecule has 2 rings (SSSR count). The fraction of sp³-hybridized carbons (Fsp3) is 0.500. The molecule has 116 valence electrons. The highest BCUT2D eigenvalue weighted by atomic mass is 32.2. The van der Waals surface area contributed by atoms with E-state index in [1.54, 1.807) is 23.9 Å². The molecule has 5 nitrogen and oxygen atoms in total. The first-order valence-corrected chi connectivity index (χ1v) is 9.36. The number of benzene rings is 1. The Balaban J connectivity index is 1.91. The predicted molar refractivity (Wildman–Crippen MR) is 88.1 cm³/mol. The van der Waals surface area contributed by atoms with E-state index in [4.69, 9.17) is 5.14 Å². The first-order valence-electron chi connectivity index (χ1n) is 6.94. The molecular formula is C14H21N3O2S2. The predicted octanol–water partition coefficient (Wildman–Crippen LogP) is 1.74. The Kier molecular flexibility index (Phi) is 5.29. The van der Waals surface area contributed by atoms with Crippen LogP contribution in [-0.2, 0) is 16.4 Å². The van der Waals surface area contributed by atoms with Crippen molar-refractivity contribution in [1.82, 2.24) is 5.32 Å². The Hall–Kier alpha value is -1.05. The normalized spacial score (nSPS) is 24.8. The van der Waals surface area contributed by atoms with Crippen molar-refractivity contribution >= 4 is 27.0 Å². The summed E-state index contributed by atoms with van der Waals surface area (Å²) in [6.45, 7) is 5.06. The Morgan fingerprint density at radius 1 is 1.33 bits per heavy atom. The lowest BCUT2D eigenvalue weighted by molar-refractivity contribution is 0.597. The van der Waals surface area contributed by atoms with Gasteiger partial charge in [0.15, 0.2) is 5.17 Å². The third-order valence-corrected chi connectivity index (χ3v) is 5.27. The molecule has 2 atom stereocenters. The maximum absolute atomic E-state index is 11.2. The van der Waals surface area contributed by atoms with Crippen molar-refractivity contribution in [3.8, 4) is 0 Å². The molecule has 2 unspecified atom stereocenters. The molecule has 1 heterocycles. The van der Waals surface area contributed by atoms with Gasteiger partial charge in [-0.25, -0.2) is 13.6 Å². The van der Waals surface area contributed by atoms with E-state index in [0.717, 1.165) is 23.6 Å². The molecule has 1 aromatic rings. The molecular weight excluding hydrogens is 306 g/mol. The SMILES string of the molecule is CC1CC(C)SC(=NCCc2ccc(S(N)(=O)=O)cc2)N1. The molecule has 1 aliphatic heterocycles. The molecule has 0 saturated carbocycles. The van der Waals surface area contributed by atoms with Gasteiger partial charge >= 0.3 is 0 Å². The van der Waals surface area contributed by atoms with Crippen molar-refractivity contribution in [3.05, 3.63) is 29.8 Å². The van der Waals surface area contributed by atoms with Crippen molar-refractivity contribution in [1.29, 1.82) is 0 Å². The Labute approximate surface area is 130 Å². The summed E-state index contributed by atoms with van der Waals surface area (Å²) in [4.78, 5) is 4.72. The van der Waals surface area contributed by atoms with Gasteiger partial charge in [0, 0.05) is 17.8 Å². The van der Waals surface area contributed by atoms with Crippen molar-refractivity contribution in [3.63, 3.8) is 0 Å². The summed E-state index contributed by atoms with van der Waals surface area (Å²) in [5, 5.41) is 10.0. The van der Waals surface area contributed by atoms with Crippen LogP contribution in [0.5, 0.6) is 0 Å². The number of nitrogens with two attached hydrogens (primary N) is 1. The number of amidine groups is 1.